The summed E-state index contributed by atoms with van der Waals surface area (Å²) in [6.07, 6.45) is -0.376. The van der Waals surface area contributed by atoms with Crippen molar-refractivity contribution in [2.24, 2.45) is 0 Å². The van der Waals surface area contributed by atoms with Gasteiger partial charge in [-0.15, -0.1) is 0 Å². The first kappa shape index (κ1) is 15.0. The van der Waals surface area contributed by atoms with Gasteiger partial charge < -0.3 is 10.1 Å². The zero-order chi connectivity index (χ0) is 15.9. The summed E-state index contributed by atoms with van der Waals surface area (Å²) in [5.41, 5.74) is -0.287. The molecule has 2 aromatic rings. The lowest BCUT2D eigenvalue weighted by Crippen LogP contribution is -2.11. The minimum absolute atomic E-state index is 0.0191. The molecule has 0 saturated heterocycles. The lowest BCUT2D eigenvalue weighted by Gasteiger charge is -2.08. The van der Waals surface area contributed by atoms with Crippen LogP contribution in [0.15, 0.2) is 48.5 Å². The third-order valence-electron chi connectivity index (χ3n) is 2.66. The number of carbonyl (C=O) groups is 1. The topological polar surface area (TPSA) is 105 Å². The van der Waals surface area contributed by atoms with Crippen LogP contribution >= 0.6 is 0 Å². The summed E-state index contributed by atoms with van der Waals surface area (Å²) in [6, 6.07) is 14.6. The predicted octanol–water partition coefficient (Wildman–Crippen LogP) is 3.24. The van der Waals surface area contributed by atoms with Crippen LogP contribution in [0.1, 0.15) is 6.42 Å². The number of ether oxygens (including phenoxy) is 1. The summed E-state index contributed by atoms with van der Waals surface area (Å²) < 4.78 is 5.51. The van der Waals surface area contributed by atoms with E-state index in [0.717, 1.165) is 0 Å². The molecule has 0 atom stereocenters. The fourth-order valence-corrected chi connectivity index (χ4v) is 1.72. The molecule has 0 spiro atoms. The van der Waals surface area contributed by atoms with Crippen LogP contribution in [0.25, 0.3) is 0 Å². The Balaban J connectivity index is 2.25. The lowest BCUT2D eigenvalue weighted by molar-refractivity contribution is -0.384. The maximum absolute atomic E-state index is 11.4. The number of benzene rings is 2. The van der Waals surface area contributed by atoms with Crippen LogP contribution in [0.4, 0.5) is 11.4 Å². The molecular formula is C15H11N3O4. The molecule has 0 aromatic heterocycles. The van der Waals surface area contributed by atoms with E-state index in [0.29, 0.717) is 5.75 Å². The van der Waals surface area contributed by atoms with Gasteiger partial charge in [0.25, 0.3) is 5.69 Å². The quantitative estimate of drug-likeness (QED) is 0.673. The largest absolute Gasteiger partial charge is 0.457 e. The van der Waals surface area contributed by atoms with Gasteiger partial charge in [0, 0.05) is 0 Å². The number of anilines is 1. The van der Waals surface area contributed by atoms with Crippen molar-refractivity contribution in [2.45, 2.75) is 6.42 Å². The molecule has 7 nitrogen and oxygen atoms in total. The average molecular weight is 297 g/mol. The summed E-state index contributed by atoms with van der Waals surface area (Å²) in [7, 11) is 0. The second-order valence-electron chi connectivity index (χ2n) is 4.23. The zero-order valence-electron chi connectivity index (χ0n) is 11.4. The van der Waals surface area contributed by atoms with Gasteiger partial charge in [0.1, 0.15) is 23.6 Å². The summed E-state index contributed by atoms with van der Waals surface area (Å²) in [5, 5.41) is 21.9. The molecule has 7 heteroatoms. The van der Waals surface area contributed by atoms with E-state index in [-0.39, 0.29) is 23.5 Å². The number of nitrogens with one attached hydrogen (secondary N) is 1. The molecular weight excluding hydrogens is 286 g/mol. The molecule has 0 aliphatic carbocycles. The van der Waals surface area contributed by atoms with Crippen LogP contribution in [-0.4, -0.2) is 10.8 Å². The number of hydrogen-bond acceptors (Lipinski definition) is 5. The molecule has 110 valence electrons. The van der Waals surface area contributed by atoms with Gasteiger partial charge in [0.05, 0.1) is 17.1 Å². The van der Waals surface area contributed by atoms with E-state index < -0.39 is 10.8 Å². The van der Waals surface area contributed by atoms with Crippen molar-refractivity contribution in [3.05, 3.63) is 58.6 Å². The highest BCUT2D eigenvalue weighted by molar-refractivity contribution is 5.94. The first-order valence-electron chi connectivity index (χ1n) is 6.28. The molecule has 0 saturated carbocycles. The Labute approximate surface area is 125 Å². The first-order chi connectivity index (χ1) is 10.6. The van der Waals surface area contributed by atoms with Crippen LogP contribution in [-0.2, 0) is 4.79 Å². The van der Waals surface area contributed by atoms with Crippen molar-refractivity contribution in [1.82, 2.24) is 0 Å². The number of nitro benzene ring substituents is 1. The maximum atomic E-state index is 11.4. The molecule has 0 radical (unpaired) electrons. The number of hydrogen-bond donors (Lipinski definition) is 1. The Hall–Kier alpha value is -3.40. The molecule has 1 amide bonds. The zero-order valence-corrected chi connectivity index (χ0v) is 11.4. The van der Waals surface area contributed by atoms with Crippen molar-refractivity contribution in [2.75, 3.05) is 5.32 Å². The van der Waals surface area contributed by atoms with Crippen molar-refractivity contribution >= 4 is 17.3 Å². The third kappa shape index (κ3) is 3.80. The van der Waals surface area contributed by atoms with Gasteiger partial charge in [0.2, 0.25) is 5.91 Å². The number of amides is 1. The Morgan fingerprint density at radius 3 is 2.59 bits per heavy atom. The fraction of sp³-hybridized carbons (Fsp3) is 0.0667. The summed E-state index contributed by atoms with van der Waals surface area (Å²) in [4.78, 5) is 21.9. The van der Waals surface area contributed by atoms with Crippen LogP contribution in [0.2, 0.25) is 0 Å². The first-order valence-corrected chi connectivity index (χ1v) is 6.28. The van der Waals surface area contributed by atoms with E-state index in [1.807, 2.05) is 6.07 Å². The highest BCUT2D eigenvalue weighted by Crippen LogP contribution is 2.31. The molecule has 1 N–H and O–H groups in total. The maximum Gasteiger partial charge on any atom is 0.296 e. The molecule has 0 bridgehead atoms. The molecule has 0 heterocycles. The number of rotatable bonds is 5. The number of nitrogens with zero attached hydrogens (tertiary/aromatic N) is 2. The highest BCUT2D eigenvalue weighted by Gasteiger charge is 2.17. The summed E-state index contributed by atoms with van der Waals surface area (Å²) in [6.45, 7) is 0. The van der Waals surface area contributed by atoms with Crippen LogP contribution in [0, 0.1) is 21.4 Å². The number of para-hydroxylation sites is 1. The van der Waals surface area contributed by atoms with Gasteiger partial charge in [-0.3, -0.25) is 14.9 Å². The molecule has 22 heavy (non-hydrogen) atoms. The Morgan fingerprint density at radius 2 is 1.95 bits per heavy atom. The smallest absolute Gasteiger partial charge is 0.296 e. The number of nitriles is 1. The molecule has 2 aromatic carbocycles. The van der Waals surface area contributed by atoms with Crippen LogP contribution in [0.5, 0.6) is 11.5 Å². The van der Waals surface area contributed by atoms with E-state index >= 15 is 0 Å². The van der Waals surface area contributed by atoms with Crippen molar-refractivity contribution in [1.29, 1.82) is 5.26 Å². The monoisotopic (exact) mass is 297 g/mol. The van der Waals surface area contributed by atoms with Crippen LogP contribution in [0.3, 0.4) is 0 Å². The normalized spacial score (nSPS) is 9.59. The average Bonchev–Trinajstić information content (AvgIpc) is 2.50. The van der Waals surface area contributed by atoms with Gasteiger partial charge in [-0.05, 0) is 24.3 Å². The second kappa shape index (κ2) is 6.85. The van der Waals surface area contributed by atoms with E-state index in [4.69, 9.17) is 10.00 Å². The minimum atomic E-state index is -0.625. The Morgan fingerprint density at radius 1 is 1.23 bits per heavy atom. The van der Waals surface area contributed by atoms with E-state index in [9.17, 15) is 14.9 Å². The van der Waals surface area contributed by atoms with Crippen molar-refractivity contribution < 1.29 is 14.5 Å². The standard InChI is InChI=1S/C15H11N3O4/c16-9-8-15(19)17-13-7-6-12(10-14(13)18(20)21)22-11-4-2-1-3-5-11/h1-7,10H,8H2,(H,17,19). The van der Waals surface area contributed by atoms with E-state index in [1.165, 1.54) is 18.2 Å². The van der Waals surface area contributed by atoms with Crippen LogP contribution < -0.4 is 10.1 Å². The van der Waals surface area contributed by atoms with Crippen molar-refractivity contribution in [3.8, 4) is 17.6 Å². The Bertz CT molecular complexity index is 738. The second-order valence-corrected chi connectivity index (χ2v) is 4.23. The third-order valence-corrected chi connectivity index (χ3v) is 2.66. The van der Waals surface area contributed by atoms with E-state index in [2.05, 4.69) is 5.32 Å². The molecule has 0 aliphatic rings. The van der Waals surface area contributed by atoms with Gasteiger partial charge >= 0.3 is 0 Å². The summed E-state index contributed by atoms with van der Waals surface area (Å²) >= 11 is 0. The van der Waals surface area contributed by atoms with Gasteiger partial charge in [-0.25, -0.2) is 0 Å². The molecule has 0 fully saturated rings. The molecule has 0 aliphatic heterocycles. The molecule has 2 rings (SSSR count). The SMILES string of the molecule is N#CCC(=O)Nc1ccc(Oc2ccccc2)cc1[N+](=O)[O-]. The highest BCUT2D eigenvalue weighted by atomic mass is 16.6. The summed E-state index contributed by atoms with van der Waals surface area (Å²) in [5.74, 6) is 0.205. The molecule has 0 unspecified atom stereocenters. The lowest BCUT2D eigenvalue weighted by atomic mass is 10.2. The van der Waals surface area contributed by atoms with E-state index in [1.54, 1.807) is 30.3 Å². The number of nitro groups is 1. The van der Waals surface area contributed by atoms with Gasteiger partial charge in [-0.2, -0.15) is 5.26 Å². The fourth-order valence-electron chi connectivity index (χ4n) is 1.72. The van der Waals surface area contributed by atoms with Crippen molar-refractivity contribution in [3.63, 3.8) is 0 Å². The number of carbonyl (C=O) groups excluding carboxylic acids is 1. The minimum Gasteiger partial charge on any atom is -0.457 e. The van der Waals surface area contributed by atoms with Gasteiger partial charge in [-0.1, -0.05) is 18.2 Å². The Kier molecular flexibility index (Phi) is 4.67. The van der Waals surface area contributed by atoms with Gasteiger partial charge in [0.15, 0.2) is 0 Å². The predicted molar refractivity (Wildman–Crippen MR) is 78.5 cm³/mol.